The molecule has 5 amide bonds. The normalized spacial score (nSPS) is 24.2. The predicted octanol–water partition coefficient (Wildman–Crippen LogP) is 3.43. The number of alkyl carbamates (subject to hydrolysis) is 1. The quantitative estimate of drug-likeness (QED) is 0.265. The van der Waals surface area contributed by atoms with Gasteiger partial charge in [-0.05, 0) is 82.6 Å². The van der Waals surface area contributed by atoms with Crippen LogP contribution in [0, 0.1) is 25.2 Å². The molecule has 0 spiro atoms. The van der Waals surface area contributed by atoms with Crippen LogP contribution in [0.15, 0.2) is 30.9 Å². The van der Waals surface area contributed by atoms with Gasteiger partial charge in [-0.25, -0.2) is 18.0 Å². The minimum atomic E-state index is -3.91. The monoisotopic (exact) mass is 703 g/mol. The van der Waals surface area contributed by atoms with Gasteiger partial charge in [0.15, 0.2) is 0 Å². The Kier molecular flexibility index (Phi) is 10.5. The van der Waals surface area contributed by atoms with Gasteiger partial charge in [-0.3, -0.25) is 24.4 Å². The topological polar surface area (TPSA) is 189 Å². The molecule has 15 heteroatoms. The molecule has 5 atom stereocenters. The van der Waals surface area contributed by atoms with Crippen LogP contribution in [0.3, 0.4) is 0 Å². The molecule has 2 aliphatic carbocycles. The number of carbonyl (C=O) groups is 5. The molecule has 3 aliphatic rings. The van der Waals surface area contributed by atoms with Gasteiger partial charge in [-0.2, -0.15) is 0 Å². The predicted molar refractivity (Wildman–Crippen MR) is 182 cm³/mol. The number of rotatable bonds is 10. The van der Waals surface area contributed by atoms with Gasteiger partial charge in [0.25, 0.3) is 5.91 Å². The van der Waals surface area contributed by atoms with Crippen LogP contribution in [-0.2, 0) is 33.9 Å². The highest BCUT2D eigenvalue weighted by atomic mass is 32.2. The second kappa shape index (κ2) is 13.6. The third kappa shape index (κ3) is 9.31. The average molecular weight is 704 g/mol. The van der Waals surface area contributed by atoms with E-state index in [2.05, 4.69) is 27.3 Å². The molecule has 1 saturated heterocycles. The van der Waals surface area contributed by atoms with E-state index in [4.69, 9.17) is 9.47 Å². The molecule has 1 aliphatic heterocycles. The second-order valence-corrected chi connectivity index (χ2v) is 17.4. The fourth-order valence-electron chi connectivity index (χ4n) is 5.98. The largest absolute Gasteiger partial charge is 0.444 e. The Morgan fingerprint density at radius 2 is 1.61 bits per heavy atom. The lowest BCUT2D eigenvalue weighted by molar-refractivity contribution is -0.143. The van der Waals surface area contributed by atoms with Crippen LogP contribution in [0.1, 0.15) is 78.4 Å². The van der Waals surface area contributed by atoms with E-state index in [0.29, 0.717) is 18.5 Å². The minimum absolute atomic E-state index is 0.109. The molecule has 270 valence electrons. The Hall–Kier alpha value is -4.14. The van der Waals surface area contributed by atoms with Crippen LogP contribution in [0.5, 0.6) is 0 Å². The van der Waals surface area contributed by atoms with Crippen molar-refractivity contribution in [1.82, 2.24) is 20.3 Å². The van der Waals surface area contributed by atoms with Crippen molar-refractivity contribution >= 4 is 45.6 Å². The summed E-state index contributed by atoms with van der Waals surface area (Å²) in [6, 6.07) is 3.08. The Bertz CT molecular complexity index is 1610. The van der Waals surface area contributed by atoms with Gasteiger partial charge in [-0.1, -0.05) is 32.9 Å². The Morgan fingerprint density at radius 3 is 2.12 bits per heavy atom. The zero-order valence-electron chi connectivity index (χ0n) is 29.5. The smallest absolute Gasteiger partial charge is 0.411 e. The summed E-state index contributed by atoms with van der Waals surface area (Å²) in [4.78, 5) is 68.7. The maximum atomic E-state index is 14.3. The van der Waals surface area contributed by atoms with Crippen molar-refractivity contribution in [3.8, 4) is 0 Å². The first-order valence-corrected chi connectivity index (χ1v) is 18.0. The van der Waals surface area contributed by atoms with Crippen molar-refractivity contribution in [2.24, 2.45) is 11.3 Å². The number of amides is 5. The Balaban J connectivity index is 1.59. The van der Waals surface area contributed by atoms with Gasteiger partial charge in [0.1, 0.15) is 29.3 Å². The van der Waals surface area contributed by atoms with Crippen molar-refractivity contribution in [1.29, 1.82) is 0 Å². The maximum Gasteiger partial charge on any atom is 0.411 e. The zero-order chi connectivity index (χ0) is 36.7. The summed E-state index contributed by atoms with van der Waals surface area (Å²) in [6.45, 7) is 17.6. The molecular weight excluding hydrogens is 654 g/mol. The summed E-state index contributed by atoms with van der Waals surface area (Å²) in [6.07, 6.45) is -0.241. The van der Waals surface area contributed by atoms with Gasteiger partial charge in [0.05, 0.1) is 11.8 Å². The number of carbonyl (C=O) groups excluding carboxylic acids is 5. The molecule has 0 aromatic heterocycles. The van der Waals surface area contributed by atoms with Crippen LogP contribution in [0.25, 0.3) is 0 Å². The highest BCUT2D eigenvalue weighted by Gasteiger charge is 2.62. The zero-order valence-corrected chi connectivity index (χ0v) is 30.3. The second-order valence-electron chi connectivity index (χ2n) is 15.4. The molecule has 4 rings (SSSR count). The number of benzene rings is 1. The standard InChI is InChI=1S/C34H49N5O9S/c1-10-21-17-34(21,29(42)38-49(45,46)24-11-12-24)37-27(40)25-16-23(47-30(43)35-22-14-19(2)13-20(3)15-22)18-39(25)28(41)26(32(4,5)6)36-31(44)48-33(7,8)9/h10,13-15,21,23-26H,1,11-12,16-18H2,2-9H3,(H,35,43)(H,36,44)(H,37,40)(H,38,42). The van der Waals surface area contributed by atoms with E-state index in [1.807, 2.05) is 19.9 Å². The third-order valence-corrected chi connectivity index (χ3v) is 10.4. The summed E-state index contributed by atoms with van der Waals surface area (Å²) in [5, 5.41) is 7.37. The van der Waals surface area contributed by atoms with E-state index >= 15 is 0 Å². The summed E-state index contributed by atoms with van der Waals surface area (Å²) >= 11 is 0. The summed E-state index contributed by atoms with van der Waals surface area (Å²) in [7, 11) is -3.91. The van der Waals surface area contributed by atoms with Gasteiger partial charge in [0.2, 0.25) is 21.8 Å². The molecule has 2 saturated carbocycles. The third-order valence-electron chi connectivity index (χ3n) is 8.61. The number of nitrogens with one attached hydrogen (secondary N) is 4. The SMILES string of the molecule is C=CC1CC1(NC(=O)C1CC(OC(=O)Nc2cc(C)cc(C)c2)CN1C(=O)C(NC(=O)OC(C)(C)C)C(C)(C)C)C(=O)NS(=O)(=O)C1CC1. The van der Waals surface area contributed by atoms with Crippen LogP contribution < -0.4 is 20.7 Å². The first-order valence-electron chi connectivity index (χ1n) is 16.4. The fourth-order valence-corrected chi connectivity index (χ4v) is 7.34. The molecule has 1 aromatic rings. The van der Waals surface area contributed by atoms with E-state index in [-0.39, 0.29) is 19.4 Å². The number of sulfonamides is 1. The first-order chi connectivity index (χ1) is 22.5. The summed E-state index contributed by atoms with van der Waals surface area (Å²) < 4.78 is 38.4. The number of nitrogens with zero attached hydrogens (tertiary/aromatic N) is 1. The molecule has 4 N–H and O–H groups in total. The van der Waals surface area contributed by atoms with Gasteiger partial charge in [-0.15, -0.1) is 6.58 Å². The van der Waals surface area contributed by atoms with E-state index in [1.54, 1.807) is 53.7 Å². The van der Waals surface area contributed by atoms with Crippen LogP contribution >= 0.6 is 0 Å². The number of hydrogen-bond donors (Lipinski definition) is 4. The number of aryl methyl sites for hydroxylation is 2. The fraction of sp³-hybridized carbons (Fsp3) is 0.618. The minimum Gasteiger partial charge on any atom is -0.444 e. The lowest BCUT2D eigenvalue weighted by Gasteiger charge is -2.36. The molecule has 5 unspecified atom stereocenters. The van der Waals surface area contributed by atoms with Gasteiger partial charge in [0, 0.05) is 18.0 Å². The van der Waals surface area contributed by atoms with Gasteiger partial charge < -0.3 is 25.0 Å². The lowest BCUT2D eigenvalue weighted by Crippen LogP contribution is -2.60. The number of ether oxygens (including phenoxy) is 2. The lowest BCUT2D eigenvalue weighted by atomic mass is 9.85. The molecule has 49 heavy (non-hydrogen) atoms. The highest BCUT2D eigenvalue weighted by molar-refractivity contribution is 7.91. The Labute approximate surface area is 288 Å². The number of hydrogen-bond acceptors (Lipinski definition) is 9. The molecule has 14 nitrogen and oxygen atoms in total. The van der Waals surface area contributed by atoms with E-state index < -0.39 is 85.8 Å². The maximum absolute atomic E-state index is 14.3. The van der Waals surface area contributed by atoms with Crippen LogP contribution in [-0.4, -0.2) is 84.3 Å². The molecular formula is C34H49N5O9S. The number of anilines is 1. The summed E-state index contributed by atoms with van der Waals surface area (Å²) in [5.41, 5.74) is -0.922. The van der Waals surface area contributed by atoms with Crippen LogP contribution in [0.4, 0.5) is 15.3 Å². The average Bonchev–Trinajstić information content (AvgIpc) is 3.86. The van der Waals surface area contributed by atoms with Crippen LogP contribution in [0.2, 0.25) is 0 Å². The molecule has 1 aromatic carbocycles. The molecule has 3 fully saturated rings. The van der Waals surface area contributed by atoms with E-state index in [1.165, 1.54) is 11.0 Å². The van der Waals surface area contributed by atoms with Crippen molar-refractivity contribution in [2.45, 2.75) is 116 Å². The van der Waals surface area contributed by atoms with Gasteiger partial charge >= 0.3 is 12.2 Å². The van der Waals surface area contributed by atoms with E-state index in [0.717, 1.165) is 11.1 Å². The molecule has 1 heterocycles. The summed E-state index contributed by atoms with van der Waals surface area (Å²) in [5.74, 6) is -2.82. The van der Waals surface area contributed by atoms with Crippen molar-refractivity contribution in [3.63, 3.8) is 0 Å². The molecule has 0 bridgehead atoms. The number of likely N-dealkylation sites (tertiary alicyclic amines) is 1. The van der Waals surface area contributed by atoms with Crippen molar-refractivity contribution < 1.29 is 41.9 Å². The molecule has 0 radical (unpaired) electrons. The highest BCUT2D eigenvalue weighted by Crippen LogP contribution is 2.45. The van der Waals surface area contributed by atoms with Crippen molar-refractivity contribution in [2.75, 3.05) is 11.9 Å². The van der Waals surface area contributed by atoms with E-state index in [9.17, 15) is 32.4 Å². The van der Waals surface area contributed by atoms with Crippen molar-refractivity contribution in [3.05, 3.63) is 42.0 Å². The Morgan fingerprint density at radius 1 is 1.00 bits per heavy atom. The first kappa shape index (κ1) is 37.7.